The lowest BCUT2D eigenvalue weighted by Crippen LogP contribution is -2.02. The Morgan fingerprint density at radius 1 is 1.26 bits per heavy atom. The second-order valence-electron chi connectivity index (χ2n) is 3.90. The third-order valence-electron chi connectivity index (χ3n) is 2.71. The van der Waals surface area contributed by atoms with Crippen LogP contribution in [-0.2, 0) is 13.0 Å². The summed E-state index contributed by atoms with van der Waals surface area (Å²) < 4.78 is 14.8. The average molecular weight is 279 g/mol. The van der Waals surface area contributed by atoms with Crippen molar-refractivity contribution in [3.05, 3.63) is 29.6 Å². The minimum Gasteiger partial charge on any atom is -0.497 e. The first-order chi connectivity index (χ1) is 9.26. The summed E-state index contributed by atoms with van der Waals surface area (Å²) in [6.07, 6.45) is 0.851. The quantitative estimate of drug-likeness (QED) is 0.881. The number of aromatic nitrogens is 2. The van der Waals surface area contributed by atoms with Crippen LogP contribution in [0.3, 0.4) is 0 Å². The molecule has 0 atom stereocenters. The van der Waals surface area contributed by atoms with E-state index in [1.807, 2.05) is 25.1 Å². The molecular formula is C13H17N3O2S. The molecule has 1 N–H and O–H groups in total. The number of hydrogen-bond acceptors (Lipinski definition) is 6. The van der Waals surface area contributed by atoms with Gasteiger partial charge in [-0.3, -0.25) is 0 Å². The van der Waals surface area contributed by atoms with E-state index in [2.05, 4.69) is 14.7 Å². The maximum atomic E-state index is 5.35. The van der Waals surface area contributed by atoms with E-state index in [1.165, 1.54) is 11.5 Å². The van der Waals surface area contributed by atoms with Gasteiger partial charge < -0.3 is 14.8 Å². The molecule has 0 saturated heterocycles. The van der Waals surface area contributed by atoms with Crippen molar-refractivity contribution in [2.45, 2.75) is 19.9 Å². The highest BCUT2D eigenvalue weighted by molar-refractivity contribution is 7.09. The van der Waals surface area contributed by atoms with Gasteiger partial charge in [0.05, 0.1) is 14.2 Å². The lowest BCUT2D eigenvalue weighted by molar-refractivity contribution is 0.391. The Kier molecular flexibility index (Phi) is 4.57. The second kappa shape index (κ2) is 6.38. The van der Waals surface area contributed by atoms with Crippen molar-refractivity contribution in [2.24, 2.45) is 0 Å². The van der Waals surface area contributed by atoms with Crippen molar-refractivity contribution < 1.29 is 9.47 Å². The van der Waals surface area contributed by atoms with Gasteiger partial charge in [0.25, 0.3) is 0 Å². The van der Waals surface area contributed by atoms with Gasteiger partial charge in [-0.1, -0.05) is 6.92 Å². The van der Waals surface area contributed by atoms with Crippen molar-refractivity contribution in [1.29, 1.82) is 0 Å². The van der Waals surface area contributed by atoms with E-state index in [0.29, 0.717) is 6.54 Å². The Balaban J connectivity index is 2.06. The summed E-state index contributed by atoms with van der Waals surface area (Å²) >= 11 is 1.38. The molecule has 2 aromatic rings. The zero-order valence-corrected chi connectivity index (χ0v) is 12.1. The minimum atomic E-state index is 0.644. The largest absolute Gasteiger partial charge is 0.497 e. The first kappa shape index (κ1) is 13.6. The van der Waals surface area contributed by atoms with E-state index >= 15 is 0 Å². The third-order valence-corrected chi connectivity index (χ3v) is 3.42. The maximum Gasteiger partial charge on any atom is 0.202 e. The molecule has 0 saturated carbocycles. The molecule has 0 bridgehead atoms. The number of benzene rings is 1. The van der Waals surface area contributed by atoms with E-state index in [9.17, 15) is 0 Å². The lowest BCUT2D eigenvalue weighted by Gasteiger charge is -2.10. The van der Waals surface area contributed by atoms with Crippen LogP contribution in [0.2, 0.25) is 0 Å². The van der Waals surface area contributed by atoms with Gasteiger partial charge >= 0.3 is 0 Å². The van der Waals surface area contributed by atoms with E-state index in [-0.39, 0.29) is 0 Å². The van der Waals surface area contributed by atoms with Crippen molar-refractivity contribution in [3.8, 4) is 11.5 Å². The highest BCUT2D eigenvalue weighted by Gasteiger charge is 2.07. The van der Waals surface area contributed by atoms with Crippen LogP contribution >= 0.6 is 11.5 Å². The normalized spacial score (nSPS) is 10.3. The number of anilines is 1. The number of methoxy groups -OCH3 is 2. The topological polar surface area (TPSA) is 56.3 Å². The van der Waals surface area contributed by atoms with Gasteiger partial charge in [0.15, 0.2) is 0 Å². The van der Waals surface area contributed by atoms with Crippen LogP contribution in [0.25, 0.3) is 0 Å². The molecular weight excluding hydrogens is 262 g/mol. The molecule has 1 aromatic carbocycles. The van der Waals surface area contributed by atoms with Gasteiger partial charge in [-0.15, -0.1) is 0 Å². The van der Waals surface area contributed by atoms with Crippen LogP contribution in [0.5, 0.6) is 11.5 Å². The van der Waals surface area contributed by atoms with Gasteiger partial charge in [-0.25, -0.2) is 4.98 Å². The number of nitrogens with zero attached hydrogens (tertiary/aromatic N) is 2. The van der Waals surface area contributed by atoms with E-state index in [1.54, 1.807) is 14.2 Å². The first-order valence-corrected chi connectivity index (χ1v) is 6.81. The first-order valence-electron chi connectivity index (χ1n) is 6.04. The fourth-order valence-corrected chi connectivity index (χ4v) is 2.28. The van der Waals surface area contributed by atoms with Crippen LogP contribution in [0, 0.1) is 0 Å². The summed E-state index contributed by atoms with van der Waals surface area (Å²) in [4.78, 5) is 4.36. The van der Waals surface area contributed by atoms with Gasteiger partial charge in [-0.2, -0.15) is 4.37 Å². The highest BCUT2D eigenvalue weighted by atomic mass is 32.1. The highest BCUT2D eigenvalue weighted by Crippen LogP contribution is 2.25. The third kappa shape index (κ3) is 3.35. The standard InChI is InChI=1S/C13H17N3O2S/c1-4-12-15-13(19-16-12)14-8-9-5-6-10(17-2)7-11(9)18-3/h5-7H,4,8H2,1-3H3,(H,14,15,16). The van der Waals surface area contributed by atoms with Crippen LogP contribution in [0.4, 0.5) is 5.13 Å². The Morgan fingerprint density at radius 2 is 2.11 bits per heavy atom. The Bertz CT molecular complexity index is 542. The monoisotopic (exact) mass is 279 g/mol. The molecule has 0 fully saturated rings. The second-order valence-corrected chi connectivity index (χ2v) is 4.65. The van der Waals surface area contributed by atoms with Crippen molar-refractivity contribution >= 4 is 16.7 Å². The van der Waals surface area contributed by atoms with E-state index in [0.717, 1.165) is 34.4 Å². The number of ether oxygens (including phenoxy) is 2. The predicted molar refractivity (Wildman–Crippen MR) is 76.2 cm³/mol. The van der Waals surface area contributed by atoms with Gasteiger partial charge in [-0.05, 0) is 12.1 Å². The summed E-state index contributed by atoms with van der Waals surface area (Å²) in [5, 5.41) is 4.08. The molecule has 6 heteroatoms. The molecule has 1 heterocycles. The van der Waals surface area contributed by atoms with Crippen LogP contribution < -0.4 is 14.8 Å². The molecule has 0 aliphatic heterocycles. The summed E-state index contributed by atoms with van der Waals surface area (Å²) in [5.41, 5.74) is 1.05. The molecule has 0 amide bonds. The molecule has 102 valence electrons. The molecule has 1 aromatic heterocycles. The van der Waals surface area contributed by atoms with E-state index < -0.39 is 0 Å². The van der Waals surface area contributed by atoms with Crippen molar-refractivity contribution in [3.63, 3.8) is 0 Å². The molecule has 2 rings (SSSR count). The summed E-state index contributed by atoms with van der Waals surface area (Å²) in [6, 6.07) is 5.76. The molecule has 0 spiro atoms. The van der Waals surface area contributed by atoms with Crippen LogP contribution in [0.1, 0.15) is 18.3 Å². The number of nitrogens with one attached hydrogen (secondary N) is 1. The number of rotatable bonds is 6. The van der Waals surface area contributed by atoms with Crippen molar-refractivity contribution in [2.75, 3.05) is 19.5 Å². The molecule has 0 aliphatic rings. The minimum absolute atomic E-state index is 0.644. The fourth-order valence-electron chi connectivity index (χ4n) is 1.64. The molecule has 0 aliphatic carbocycles. The zero-order chi connectivity index (χ0) is 13.7. The SMILES string of the molecule is CCc1nsc(NCc2ccc(OC)cc2OC)n1. The summed E-state index contributed by atoms with van der Waals surface area (Å²) in [5.74, 6) is 2.45. The smallest absolute Gasteiger partial charge is 0.202 e. The zero-order valence-electron chi connectivity index (χ0n) is 11.3. The molecule has 19 heavy (non-hydrogen) atoms. The van der Waals surface area contributed by atoms with Crippen LogP contribution in [0.15, 0.2) is 18.2 Å². The number of aryl methyl sites for hydroxylation is 1. The van der Waals surface area contributed by atoms with E-state index in [4.69, 9.17) is 9.47 Å². The molecule has 0 unspecified atom stereocenters. The lowest BCUT2D eigenvalue weighted by atomic mass is 10.2. The molecule has 5 nitrogen and oxygen atoms in total. The average Bonchev–Trinajstić information content (AvgIpc) is 2.92. The van der Waals surface area contributed by atoms with Gasteiger partial charge in [0.1, 0.15) is 17.3 Å². The Hall–Kier alpha value is -1.82. The van der Waals surface area contributed by atoms with Crippen LogP contribution in [-0.4, -0.2) is 23.6 Å². The molecule has 0 radical (unpaired) electrons. The maximum absolute atomic E-state index is 5.35. The van der Waals surface area contributed by atoms with Gasteiger partial charge in [0.2, 0.25) is 5.13 Å². The fraction of sp³-hybridized carbons (Fsp3) is 0.385. The predicted octanol–water partition coefficient (Wildman–Crippen LogP) is 2.73. The van der Waals surface area contributed by atoms with Crippen molar-refractivity contribution in [1.82, 2.24) is 9.36 Å². The summed E-state index contributed by atoms with van der Waals surface area (Å²) in [6.45, 7) is 2.68. The Morgan fingerprint density at radius 3 is 2.74 bits per heavy atom. The summed E-state index contributed by atoms with van der Waals surface area (Å²) in [7, 11) is 3.29. The Labute approximate surface area is 116 Å². The number of hydrogen-bond donors (Lipinski definition) is 1. The van der Waals surface area contributed by atoms with Gasteiger partial charge in [0, 0.05) is 36.1 Å².